The molecule has 1 aromatic heterocycles. The molecular formula is C18H21NO3S. The van der Waals surface area contributed by atoms with Crippen molar-refractivity contribution < 1.29 is 14.3 Å². The number of hydrogen-bond acceptors (Lipinski definition) is 4. The number of carbonyl (C=O) groups is 2. The zero-order valence-corrected chi connectivity index (χ0v) is 14.7. The zero-order chi connectivity index (χ0) is 16.8. The predicted octanol–water partition coefficient (Wildman–Crippen LogP) is 4.34. The van der Waals surface area contributed by atoms with Crippen LogP contribution in [0.1, 0.15) is 37.4 Å². The second-order valence-electron chi connectivity index (χ2n) is 7.37. The number of carbonyl (C=O) groups excluding carboxylic acids is 2. The first-order valence-electron chi connectivity index (χ1n) is 7.69. The van der Waals surface area contributed by atoms with Gasteiger partial charge in [-0.25, -0.2) is 4.79 Å². The molecule has 2 aromatic rings. The molecule has 0 bridgehead atoms. The van der Waals surface area contributed by atoms with E-state index >= 15 is 0 Å². The van der Waals surface area contributed by atoms with Crippen molar-refractivity contribution in [2.24, 2.45) is 5.41 Å². The van der Waals surface area contributed by atoms with Gasteiger partial charge in [-0.15, -0.1) is 11.3 Å². The van der Waals surface area contributed by atoms with Crippen molar-refractivity contribution in [3.05, 3.63) is 35.2 Å². The molecule has 1 saturated heterocycles. The summed E-state index contributed by atoms with van der Waals surface area (Å²) in [6.07, 6.45) is -0.348. The van der Waals surface area contributed by atoms with Gasteiger partial charge >= 0.3 is 6.09 Å². The highest BCUT2D eigenvalue weighted by atomic mass is 32.1. The molecule has 1 fully saturated rings. The van der Waals surface area contributed by atoms with Crippen LogP contribution in [-0.4, -0.2) is 35.5 Å². The number of rotatable bonds is 2. The van der Waals surface area contributed by atoms with E-state index < -0.39 is 11.0 Å². The van der Waals surface area contributed by atoms with Gasteiger partial charge in [0.25, 0.3) is 0 Å². The number of nitrogens with zero attached hydrogens (tertiary/aromatic N) is 1. The fraction of sp³-hybridized carbons (Fsp3) is 0.444. The molecule has 5 heteroatoms. The number of amides is 1. The summed E-state index contributed by atoms with van der Waals surface area (Å²) < 4.78 is 6.46. The van der Waals surface area contributed by atoms with Crippen LogP contribution in [0.3, 0.4) is 0 Å². The molecule has 0 unspecified atom stereocenters. The third kappa shape index (κ3) is 3.11. The smallest absolute Gasteiger partial charge is 0.410 e. The maximum atomic E-state index is 12.8. The molecule has 122 valence electrons. The van der Waals surface area contributed by atoms with Gasteiger partial charge in [-0.1, -0.05) is 18.2 Å². The molecule has 0 N–H and O–H groups in total. The predicted molar refractivity (Wildman–Crippen MR) is 92.1 cm³/mol. The van der Waals surface area contributed by atoms with Gasteiger partial charge in [0.15, 0.2) is 5.78 Å². The molecule has 0 spiro atoms. The first-order valence-corrected chi connectivity index (χ1v) is 8.51. The van der Waals surface area contributed by atoms with Gasteiger partial charge in [0, 0.05) is 17.8 Å². The van der Waals surface area contributed by atoms with E-state index in [1.807, 2.05) is 58.0 Å². The Morgan fingerprint density at radius 2 is 1.87 bits per heavy atom. The average molecular weight is 331 g/mol. The van der Waals surface area contributed by atoms with Crippen molar-refractivity contribution in [3.63, 3.8) is 0 Å². The summed E-state index contributed by atoms with van der Waals surface area (Å²) >= 11 is 1.52. The fourth-order valence-electron chi connectivity index (χ4n) is 2.79. The average Bonchev–Trinajstić information content (AvgIpc) is 2.84. The Balaban J connectivity index is 1.70. The summed E-state index contributed by atoms with van der Waals surface area (Å²) in [7, 11) is 0. The summed E-state index contributed by atoms with van der Waals surface area (Å²) in [6.45, 7) is 8.26. The van der Waals surface area contributed by atoms with Gasteiger partial charge in [0.2, 0.25) is 0 Å². The molecule has 1 amide bonds. The first kappa shape index (κ1) is 16.0. The van der Waals surface area contributed by atoms with Crippen LogP contribution in [0, 0.1) is 5.41 Å². The molecule has 3 rings (SSSR count). The van der Waals surface area contributed by atoms with E-state index in [1.54, 1.807) is 4.90 Å². The minimum absolute atomic E-state index is 0.110. The van der Waals surface area contributed by atoms with Crippen molar-refractivity contribution in [3.8, 4) is 0 Å². The third-order valence-electron chi connectivity index (χ3n) is 3.93. The first-order chi connectivity index (χ1) is 10.7. The molecule has 1 aliphatic rings. The second kappa shape index (κ2) is 5.34. The number of likely N-dealkylation sites (tertiary alicyclic amines) is 1. The molecule has 1 aliphatic heterocycles. The van der Waals surface area contributed by atoms with Gasteiger partial charge in [0.1, 0.15) is 5.60 Å². The number of ether oxygens (including phenoxy) is 1. The largest absolute Gasteiger partial charge is 0.444 e. The quantitative estimate of drug-likeness (QED) is 0.769. The molecule has 0 saturated carbocycles. The highest BCUT2D eigenvalue weighted by Crippen LogP contribution is 2.37. The molecule has 0 aliphatic carbocycles. The number of fused-ring (bicyclic) bond motifs is 1. The Kier molecular flexibility index (Phi) is 3.71. The Labute approximate surface area is 140 Å². The number of ketones is 1. The van der Waals surface area contributed by atoms with Crippen LogP contribution in [0.25, 0.3) is 10.1 Å². The molecule has 0 radical (unpaired) electrons. The number of benzene rings is 1. The lowest BCUT2D eigenvalue weighted by atomic mass is 9.77. The minimum Gasteiger partial charge on any atom is -0.444 e. The van der Waals surface area contributed by atoms with Crippen LogP contribution in [0.2, 0.25) is 0 Å². The standard InChI is InChI=1S/C18H21NO3S/c1-17(2,3)22-16(21)19-10-18(4,11-19)15(20)14-9-12-7-5-6-8-13(12)23-14/h5-9H,10-11H2,1-4H3. The Bertz CT molecular complexity index is 733. The van der Waals surface area contributed by atoms with Crippen LogP contribution < -0.4 is 0 Å². The van der Waals surface area contributed by atoms with Crippen LogP contribution in [0.5, 0.6) is 0 Å². The highest BCUT2D eigenvalue weighted by Gasteiger charge is 2.48. The maximum Gasteiger partial charge on any atom is 0.410 e. The van der Waals surface area contributed by atoms with Crippen molar-refractivity contribution >= 4 is 33.3 Å². The molecule has 4 nitrogen and oxygen atoms in total. The molecule has 0 atom stereocenters. The number of Topliss-reactive ketones (excluding diaryl/α,β-unsaturated/α-hetero) is 1. The van der Waals surface area contributed by atoms with E-state index in [9.17, 15) is 9.59 Å². The minimum atomic E-state index is -0.516. The van der Waals surface area contributed by atoms with Crippen molar-refractivity contribution in [1.82, 2.24) is 4.90 Å². The van der Waals surface area contributed by atoms with E-state index in [-0.39, 0.29) is 11.9 Å². The van der Waals surface area contributed by atoms with Crippen molar-refractivity contribution in [1.29, 1.82) is 0 Å². The Morgan fingerprint density at radius 3 is 2.48 bits per heavy atom. The van der Waals surface area contributed by atoms with Crippen molar-refractivity contribution in [2.75, 3.05) is 13.1 Å². The monoisotopic (exact) mass is 331 g/mol. The summed E-state index contributed by atoms with van der Waals surface area (Å²) in [4.78, 5) is 27.2. The fourth-order valence-corrected chi connectivity index (χ4v) is 3.94. The summed E-state index contributed by atoms with van der Waals surface area (Å²) in [5, 5.41) is 1.09. The topological polar surface area (TPSA) is 46.6 Å². The maximum absolute atomic E-state index is 12.8. The second-order valence-corrected chi connectivity index (χ2v) is 8.46. The van der Waals surface area contributed by atoms with Gasteiger partial charge < -0.3 is 9.64 Å². The van der Waals surface area contributed by atoms with Crippen LogP contribution >= 0.6 is 11.3 Å². The van der Waals surface area contributed by atoms with Gasteiger partial charge in [-0.3, -0.25) is 4.79 Å². The van der Waals surface area contributed by atoms with E-state index in [4.69, 9.17) is 4.74 Å². The Morgan fingerprint density at radius 1 is 1.22 bits per heavy atom. The summed E-state index contributed by atoms with van der Waals surface area (Å²) in [5.74, 6) is 0.110. The Hall–Kier alpha value is -1.88. The van der Waals surface area contributed by atoms with Crippen LogP contribution in [0.4, 0.5) is 4.79 Å². The third-order valence-corrected chi connectivity index (χ3v) is 5.04. The van der Waals surface area contributed by atoms with Gasteiger partial charge in [-0.2, -0.15) is 0 Å². The van der Waals surface area contributed by atoms with E-state index in [1.165, 1.54) is 11.3 Å². The zero-order valence-electron chi connectivity index (χ0n) is 13.9. The number of hydrogen-bond donors (Lipinski definition) is 0. The molecular weight excluding hydrogens is 310 g/mol. The normalized spacial score (nSPS) is 17.0. The van der Waals surface area contributed by atoms with Gasteiger partial charge in [0.05, 0.1) is 10.3 Å². The number of thiophene rings is 1. The molecule has 23 heavy (non-hydrogen) atoms. The molecule has 2 heterocycles. The lowest BCUT2D eigenvalue weighted by Gasteiger charge is -2.46. The lowest BCUT2D eigenvalue weighted by Crippen LogP contribution is -2.61. The van der Waals surface area contributed by atoms with E-state index in [0.29, 0.717) is 13.1 Å². The van der Waals surface area contributed by atoms with Crippen molar-refractivity contribution in [2.45, 2.75) is 33.3 Å². The van der Waals surface area contributed by atoms with Crippen LogP contribution in [-0.2, 0) is 4.74 Å². The van der Waals surface area contributed by atoms with E-state index in [0.717, 1.165) is 15.0 Å². The lowest BCUT2D eigenvalue weighted by molar-refractivity contribution is -0.0196. The van der Waals surface area contributed by atoms with Gasteiger partial charge in [-0.05, 0) is 45.2 Å². The van der Waals surface area contributed by atoms with Crippen LogP contribution in [0.15, 0.2) is 30.3 Å². The summed E-state index contributed by atoms with van der Waals surface area (Å²) in [6, 6.07) is 9.93. The highest BCUT2D eigenvalue weighted by molar-refractivity contribution is 7.20. The summed E-state index contributed by atoms with van der Waals surface area (Å²) in [5.41, 5.74) is -1.03. The SMILES string of the molecule is CC(C)(C)OC(=O)N1CC(C)(C(=O)c2cc3ccccc3s2)C1. The molecule has 1 aromatic carbocycles. The van der Waals surface area contributed by atoms with E-state index in [2.05, 4.69) is 0 Å².